The first-order valence-corrected chi connectivity index (χ1v) is 8.82. The third-order valence-electron chi connectivity index (χ3n) is 5.45. The Balaban J connectivity index is 2.25. The van der Waals surface area contributed by atoms with Crippen LogP contribution in [-0.2, 0) is 23.7 Å². The molecule has 0 aromatic heterocycles. The monoisotopic (exact) mass is 395 g/mol. The minimum atomic E-state index is -4.90. The second-order valence-electron chi connectivity index (χ2n) is 7.76. The summed E-state index contributed by atoms with van der Waals surface area (Å²) in [4.78, 5) is 12.7. The Morgan fingerprint density at radius 1 is 1.11 bits per heavy atom. The summed E-state index contributed by atoms with van der Waals surface area (Å²) in [5.74, 6) is 0.0612. The Kier molecular flexibility index (Phi) is 5.88. The Morgan fingerprint density at radius 2 is 1.63 bits per heavy atom. The van der Waals surface area contributed by atoms with Crippen LogP contribution in [0.5, 0.6) is 0 Å². The van der Waals surface area contributed by atoms with E-state index in [1.807, 2.05) is 20.8 Å². The Hall–Kier alpha value is -1.73. The quantitative estimate of drug-likeness (QED) is 0.641. The van der Waals surface area contributed by atoms with Crippen LogP contribution in [0.4, 0.5) is 26.3 Å². The molecule has 1 aromatic rings. The van der Waals surface area contributed by atoms with Gasteiger partial charge < -0.3 is 5.32 Å². The molecule has 0 radical (unpaired) electrons. The van der Waals surface area contributed by atoms with Crippen LogP contribution in [0, 0.1) is 17.3 Å². The molecule has 27 heavy (non-hydrogen) atoms. The summed E-state index contributed by atoms with van der Waals surface area (Å²) < 4.78 is 77.6. The Morgan fingerprint density at radius 3 is 2.00 bits per heavy atom. The molecule has 1 fully saturated rings. The maximum atomic E-state index is 12.9. The summed E-state index contributed by atoms with van der Waals surface area (Å²) in [6.07, 6.45) is -7.62. The van der Waals surface area contributed by atoms with E-state index < -0.39 is 28.9 Å². The smallest absolute Gasteiger partial charge is 0.352 e. The van der Waals surface area contributed by atoms with Gasteiger partial charge in [-0.3, -0.25) is 4.79 Å². The van der Waals surface area contributed by atoms with Gasteiger partial charge in [-0.1, -0.05) is 20.8 Å². The lowest BCUT2D eigenvalue weighted by Gasteiger charge is -2.32. The summed E-state index contributed by atoms with van der Waals surface area (Å²) in [5, 5.41) is 2.57. The fourth-order valence-corrected chi connectivity index (χ4v) is 3.80. The molecule has 8 heteroatoms. The molecule has 0 saturated heterocycles. The van der Waals surface area contributed by atoms with Crippen LogP contribution in [0.1, 0.15) is 56.7 Å². The summed E-state index contributed by atoms with van der Waals surface area (Å²) in [6.45, 7) is 5.46. The first-order chi connectivity index (χ1) is 12.3. The highest BCUT2D eigenvalue weighted by molar-refractivity contribution is 5.83. The van der Waals surface area contributed by atoms with Crippen LogP contribution in [-0.4, -0.2) is 5.91 Å². The third-order valence-corrected chi connectivity index (χ3v) is 5.45. The van der Waals surface area contributed by atoms with Gasteiger partial charge in [-0.05, 0) is 54.9 Å². The van der Waals surface area contributed by atoms with Crippen LogP contribution in [0.25, 0.3) is 0 Å². The predicted octanol–water partition coefficient (Wildman–Crippen LogP) is 5.80. The maximum Gasteiger partial charge on any atom is 0.416 e. The van der Waals surface area contributed by atoms with E-state index in [0.717, 1.165) is 6.42 Å². The fraction of sp³-hybridized carbons (Fsp3) is 0.632. The Bertz CT molecular complexity index is 662. The number of rotatable bonds is 4. The van der Waals surface area contributed by atoms with Gasteiger partial charge in [0.1, 0.15) is 0 Å². The molecule has 0 heterocycles. The zero-order valence-corrected chi connectivity index (χ0v) is 15.4. The van der Waals surface area contributed by atoms with Crippen molar-refractivity contribution in [3.63, 3.8) is 0 Å². The minimum absolute atomic E-state index is 0.0229. The van der Waals surface area contributed by atoms with E-state index in [9.17, 15) is 31.1 Å². The summed E-state index contributed by atoms with van der Waals surface area (Å²) in [7, 11) is 0. The summed E-state index contributed by atoms with van der Waals surface area (Å²) in [6, 6.07) is 1.38. The van der Waals surface area contributed by atoms with Crippen LogP contribution in [0.2, 0.25) is 0 Å². The average Bonchev–Trinajstić information content (AvgIpc) is 2.94. The fourth-order valence-electron chi connectivity index (χ4n) is 3.80. The van der Waals surface area contributed by atoms with E-state index >= 15 is 0 Å². The standard InChI is InChI=1S/C19H23F6NO/c1-11(2)17(5-4-12(3)9-17)16(27)26-10-13-6-14(18(20,21)22)8-15(7-13)19(23,24)25/h6-8,11-12H,4-5,9-10H2,1-3H3,(H,26,27). The predicted molar refractivity (Wildman–Crippen MR) is 88.6 cm³/mol. The van der Waals surface area contributed by atoms with Gasteiger partial charge in [-0.15, -0.1) is 0 Å². The molecule has 1 saturated carbocycles. The number of carbonyl (C=O) groups is 1. The van der Waals surface area contributed by atoms with E-state index in [1.54, 1.807) is 0 Å². The van der Waals surface area contributed by atoms with Crippen molar-refractivity contribution < 1.29 is 31.1 Å². The number of hydrogen-bond donors (Lipinski definition) is 1. The highest BCUT2D eigenvalue weighted by atomic mass is 19.4. The molecule has 1 aliphatic carbocycles. The van der Waals surface area contributed by atoms with Gasteiger partial charge in [0.2, 0.25) is 5.91 Å². The molecule has 0 spiro atoms. The highest BCUT2D eigenvalue weighted by Crippen LogP contribution is 2.47. The molecule has 1 N–H and O–H groups in total. The first-order valence-electron chi connectivity index (χ1n) is 8.82. The van der Waals surface area contributed by atoms with Crippen LogP contribution >= 0.6 is 0 Å². The maximum absolute atomic E-state index is 12.9. The van der Waals surface area contributed by atoms with Gasteiger partial charge in [-0.25, -0.2) is 0 Å². The molecule has 152 valence electrons. The lowest BCUT2D eigenvalue weighted by molar-refractivity contribution is -0.143. The number of benzene rings is 1. The zero-order chi connectivity index (χ0) is 20.6. The largest absolute Gasteiger partial charge is 0.416 e. The second kappa shape index (κ2) is 7.36. The van der Waals surface area contributed by atoms with Crippen molar-refractivity contribution in [3.8, 4) is 0 Å². The molecule has 2 nitrogen and oxygen atoms in total. The molecule has 1 aliphatic rings. The summed E-state index contributed by atoms with van der Waals surface area (Å²) in [5.41, 5.74) is -3.62. The number of amides is 1. The molecule has 1 amide bonds. The number of nitrogens with one attached hydrogen (secondary N) is 1. The average molecular weight is 395 g/mol. The van der Waals surface area contributed by atoms with Crippen LogP contribution in [0.15, 0.2) is 18.2 Å². The highest BCUT2D eigenvalue weighted by Gasteiger charge is 2.46. The van der Waals surface area contributed by atoms with Crippen LogP contribution in [0.3, 0.4) is 0 Å². The normalized spacial score (nSPS) is 23.7. The minimum Gasteiger partial charge on any atom is -0.352 e. The van der Waals surface area contributed by atoms with Crippen molar-refractivity contribution in [1.82, 2.24) is 5.32 Å². The number of halogens is 6. The van der Waals surface area contributed by atoms with Gasteiger partial charge >= 0.3 is 12.4 Å². The van der Waals surface area contributed by atoms with E-state index in [1.165, 1.54) is 0 Å². The first kappa shape index (κ1) is 21.6. The number of alkyl halides is 6. The van der Waals surface area contributed by atoms with E-state index in [-0.39, 0.29) is 30.0 Å². The topological polar surface area (TPSA) is 29.1 Å². The van der Waals surface area contributed by atoms with Crippen molar-refractivity contribution in [2.75, 3.05) is 0 Å². The number of hydrogen-bond acceptors (Lipinski definition) is 1. The van der Waals surface area contributed by atoms with Crippen molar-refractivity contribution in [2.45, 2.75) is 58.9 Å². The molecule has 2 atom stereocenters. The van der Waals surface area contributed by atoms with Crippen molar-refractivity contribution >= 4 is 5.91 Å². The van der Waals surface area contributed by atoms with E-state index in [0.29, 0.717) is 30.9 Å². The van der Waals surface area contributed by atoms with Crippen molar-refractivity contribution in [1.29, 1.82) is 0 Å². The van der Waals surface area contributed by atoms with Gasteiger partial charge in [-0.2, -0.15) is 26.3 Å². The molecule has 0 bridgehead atoms. The number of carbonyl (C=O) groups excluding carboxylic acids is 1. The molecular weight excluding hydrogens is 372 g/mol. The van der Waals surface area contributed by atoms with Gasteiger partial charge in [0.15, 0.2) is 0 Å². The molecule has 2 unspecified atom stereocenters. The lowest BCUT2D eigenvalue weighted by Crippen LogP contribution is -2.42. The summed E-state index contributed by atoms with van der Waals surface area (Å²) >= 11 is 0. The molecule has 1 aromatic carbocycles. The molecule has 0 aliphatic heterocycles. The van der Waals surface area contributed by atoms with E-state index in [2.05, 4.69) is 5.32 Å². The van der Waals surface area contributed by atoms with Crippen molar-refractivity contribution in [3.05, 3.63) is 34.9 Å². The lowest BCUT2D eigenvalue weighted by atomic mass is 9.74. The second-order valence-corrected chi connectivity index (χ2v) is 7.76. The SMILES string of the molecule is CC1CCC(C(=O)NCc2cc(C(F)(F)F)cc(C(F)(F)F)c2)(C(C)C)C1. The van der Waals surface area contributed by atoms with E-state index in [4.69, 9.17) is 0 Å². The van der Waals surface area contributed by atoms with Gasteiger partial charge in [0.05, 0.1) is 16.5 Å². The Labute approximate surface area is 154 Å². The molecular formula is C19H23F6NO. The molecule has 2 rings (SSSR count). The third kappa shape index (κ3) is 4.76. The zero-order valence-electron chi connectivity index (χ0n) is 15.4. The van der Waals surface area contributed by atoms with Crippen molar-refractivity contribution in [2.24, 2.45) is 17.3 Å². The van der Waals surface area contributed by atoms with Crippen LogP contribution < -0.4 is 5.32 Å². The van der Waals surface area contributed by atoms with Gasteiger partial charge in [0.25, 0.3) is 0 Å². The van der Waals surface area contributed by atoms with Gasteiger partial charge in [0, 0.05) is 6.54 Å².